The molecule has 0 aliphatic heterocycles. The van der Waals surface area contributed by atoms with Crippen molar-refractivity contribution >= 4 is 40.5 Å². The zero-order valence-corrected chi connectivity index (χ0v) is 12.2. The van der Waals surface area contributed by atoms with Gasteiger partial charge >= 0.3 is 6.18 Å². The maximum Gasteiger partial charge on any atom is 0.416 e. The smallest absolute Gasteiger partial charge is 0.373 e. The van der Waals surface area contributed by atoms with Crippen LogP contribution in [0.25, 0.3) is 0 Å². The average Bonchev–Trinajstić information content (AvgIpc) is 2.42. The quantitative estimate of drug-likeness (QED) is 0.810. The van der Waals surface area contributed by atoms with E-state index in [1.165, 1.54) is 7.05 Å². The second-order valence-corrected chi connectivity index (χ2v) is 4.91. The standard InChI is InChI=1S/C13H10Cl2F3N3/c1-19-10-5-7(13(16,17)18)6-11(20-10)21-12-8(14)3-2-4-9(12)15/h2-6H,1H3,(H2,19,20,21). The SMILES string of the molecule is CNc1cc(C(F)(F)F)cc(Nc2c(Cl)cccc2Cl)n1. The van der Waals surface area contributed by atoms with Gasteiger partial charge in [-0.3, -0.25) is 0 Å². The van der Waals surface area contributed by atoms with E-state index < -0.39 is 11.7 Å². The van der Waals surface area contributed by atoms with Crippen molar-refractivity contribution in [3.8, 4) is 0 Å². The van der Waals surface area contributed by atoms with Gasteiger partial charge in [0.1, 0.15) is 11.6 Å². The topological polar surface area (TPSA) is 37.0 Å². The summed E-state index contributed by atoms with van der Waals surface area (Å²) in [7, 11) is 1.48. The number of pyridine rings is 1. The summed E-state index contributed by atoms with van der Waals surface area (Å²) >= 11 is 11.9. The molecule has 1 heterocycles. The van der Waals surface area contributed by atoms with E-state index in [0.29, 0.717) is 5.69 Å². The number of rotatable bonds is 3. The van der Waals surface area contributed by atoms with Crippen LogP contribution in [0.15, 0.2) is 30.3 Å². The van der Waals surface area contributed by atoms with Crippen LogP contribution in [0.5, 0.6) is 0 Å². The summed E-state index contributed by atoms with van der Waals surface area (Å²) < 4.78 is 38.5. The molecule has 0 aliphatic rings. The average molecular weight is 336 g/mol. The molecule has 0 bridgehead atoms. The van der Waals surface area contributed by atoms with Gasteiger partial charge in [-0.05, 0) is 24.3 Å². The molecule has 0 unspecified atom stereocenters. The molecule has 0 amide bonds. The molecular formula is C13H10Cl2F3N3. The molecule has 0 atom stereocenters. The Balaban J connectivity index is 2.45. The van der Waals surface area contributed by atoms with Crippen molar-refractivity contribution in [1.82, 2.24) is 4.98 Å². The van der Waals surface area contributed by atoms with Crippen molar-refractivity contribution in [2.45, 2.75) is 6.18 Å². The highest BCUT2D eigenvalue weighted by Crippen LogP contribution is 2.35. The number of aromatic nitrogens is 1. The summed E-state index contributed by atoms with van der Waals surface area (Å²) in [5.74, 6) is 0.0691. The second-order valence-electron chi connectivity index (χ2n) is 4.10. The van der Waals surface area contributed by atoms with Gasteiger partial charge in [-0.25, -0.2) is 4.98 Å². The lowest BCUT2D eigenvalue weighted by Crippen LogP contribution is -2.08. The third kappa shape index (κ3) is 3.71. The van der Waals surface area contributed by atoms with Gasteiger partial charge in [0.15, 0.2) is 0 Å². The van der Waals surface area contributed by atoms with Crippen LogP contribution >= 0.6 is 23.2 Å². The monoisotopic (exact) mass is 335 g/mol. The number of para-hydroxylation sites is 1. The van der Waals surface area contributed by atoms with Crippen molar-refractivity contribution in [2.24, 2.45) is 0 Å². The number of benzene rings is 1. The van der Waals surface area contributed by atoms with E-state index in [4.69, 9.17) is 23.2 Å². The third-order valence-corrected chi connectivity index (χ3v) is 3.25. The van der Waals surface area contributed by atoms with E-state index in [0.717, 1.165) is 12.1 Å². The van der Waals surface area contributed by atoms with E-state index in [-0.39, 0.29) is 21.7 Å². The van der Waals surface area contributed by atoms with Gasteiger partial charge in [-0.2, -0.15) is 13.2 Å². The van der Waals surface area contributed by atoms with Crippen LogP contribution in [0, 0.1) is 0 Å². The van der Waals surface area contributed by atoms with Gasteiger partial charge in [0, 0.05) is 7.05 Å². The van der Waals surface area contributed by atoms with Gasteiger partial charge < -0.3 is 10.6 Å². The van der Waals surface area contributed by atoms with Crippen LogP contribution in [0.2, 0.25) is 10.0 Å². The fraction of sp³-hybridized carbons (Fsp3) is 0.154. The minimum Gasteiger partial charge on any atom is -0.373 e. The fourth-order valence-corrected chi connectivity index (χ4v) is 2.12. The first-order valence-corrected chi connectivity index (χ1v) is 6.55. The molecule has 2 N–H and O–H groups in total. The number of alkyl halides is 3. The molecule has 21 heavy (non-hydrogen) atoms. The lowest BCUT2D eigenvalue weighted by atomic mass is 10.2. The molecule has 0 saturated carbocycles. The molecule has 2 rings (SSSR count). The highest BCUT2D eigenvalue weighted by atomic mass is 35.5. The van der Waals surface area contributed by atoms with E-state index in [2.05, 4.69) is 15.6 Å². The molecular weight excluding hydrogens is 326 g/mol. The predicted molar refractivity (Wildman–Crippen MR) is 78.5 cm³/mol. The first-order chi connectivity index (χ1) is 9.81. The Bertz CT molecular complexity index is 639. The molecule has 0 saturated heterocycles. The van der Waals surface area contributed by atoms with Gasteiger partial charge in [0.25, 0.3) is 0 Å². The number of anilines is 3. The van der Waals surface area contributed by atoms with Crippen LogP contribution in [-0.2, 0) is 6.18 Å². The van der Waals surface area contributed by atoms with Crippen molar-refractivity contribution in [3.63, 3.8) is 0 Å². The minimum atomic E-state index is -4.48. The van der Waals surface area contributed by atoms with Crippen molar-refractivity contribution < 1.29 is 13.2 Å². The highest BCUT2D eigenvalue weighted by molar-refractivity contribution is 6.39. The Kier molecular flexibility index (Phi) is 4.49. The molecule has 0 aliphatic carbocycles. The van der Waals surface area contributed by atoms with Crippen LogP contribution < -0.4 is 10.6 Å². The normalized spacial score (nSPS) is 11.3. The van der Waals surface area contributed by atoms with E-state index in [9.17, 15) is 13.2 Å². The molecule has 112 valence electrons. The van der Waals surface area contributed by atoms with E-state index >= 15 is 0 Å². The van der Waals surface area contributed by atoms with Crippen molar-refractivity contribution in [1.29, 1.82) is 0 Å². The second kappa shape index (κ2) is 5.99. The molecule has 2 aromatic rings. The minimum absolute atomic E-state index is 0.0100. The first kappa shape index (κ1) is 15.7. The summed E-state index contributed by atoms with van der Waals surface area (Å²) in [5.41, 5.74) is -0.526. The largest absolute Gasteiger partial charge is 0.416 e. The van der Waals surface area contributed by atoms with E-state index in [1.54, 1.807) is 18.2 Å². The van der Waals surface area contributed by atoms with E-state index in [1.807, 2.05) is 0 Å². The molecule has 0 fully saturated rings. The van der Waals surface area contributed by atoms with Crippen LogP contribution in [0.4, 0.5) is 30.5 Å². The fourth-order valence-electron chi connectivity index (χ4n) is 1.63. The summed E-state index contributed by atoms with van der Waals surface area (Å²) in [4.78, 5) is 4.00. The van der Waals surface area contributed by atoms with Gasteiger partial charge in [0.05, 0.1) is 21.3 Å². The van der Waals surface area contributed by atoms with Crippen LogP contribution in [0.3, 0.4) is 0 Å². The number of hydrogen-bond acceptors (Lipinski definition) is 3. The number of nitrogens with zero attached hydrogens (tertiary/aromatic N) is 1. The number of halogens is 5. The predicted octanol–water partition coefficient (Wildman–Crippen LogP) is 5.19. The lowest BCUT2D eigenvalue weighted by Gasteiger charge is -2.14. The maximum atomic E-state index is 12.8. The lowest BCUT2D eigenvalue weighted by molar-refractivity contribution is -0.137. The summed E-state index contributed by atoms with van der Waals surface area (Å²) in [6, 6.07) is 6.58. The molecule has 8 heteroatoms. The highest BCUT2D eigenvalue weighted by Gasteiger charge is 2.31. The first-order valence-electron chi connectivity index (χ1n) is 5.79. The molecule has 1 aromatic heterocycles. The Labute approximate surface area is 129 Å². The van der Waals surface area contributed by atoms with Gasteiger partial charge in [-0.1, -0.05) is 29.3 Å². The molecule has 3 nitrogen and oxygen atoms in total. The summed E-state index contributed by atoms with van der Waals surface area (Å²) in [5, 5.41) is 5.86. The number of nitrogens with one attached hydrogen (secondary N) is 2. The zero-order valence-electron chi connectivity index (χ0n) is 10.7. The molecule has 0 radical (unpaired) electrons. The Morgan fingerprint density at radius 2 is 1.62 bits per heavy atom. The third-order valence-electron chi connectivity index (χ3n) is 2.62. The Hall–Kier alpha value is -1.66. The van der Waals surface area contributed by atoms with Gasteiger partial charge in [0.2, 0.25) is 0 Å². The summed E-state index contributed by atoms with van der Waals surface area (Å²) in [6.07, 6.45) is -4.48. The molecule has 0 spiro atoms. The Morgan fingerprint density at radius 3 is 2.14 bits per heavy atom. The zero-order chi connectivity index (χ0) is 15.6. The summed E-state index contributed by atoms with van der Waals surface area (Å²) in [6.45, 7) is 0. The van der Waals surface area contributed by atoms with Crippen LogP contribution in [-0.4, -0.2) is 12.0 Å². The van der Waals surface area contributed by atoms with Crippen molar-refractivity contribution in [3.05, 3.63) is 45.9 Å². The van der Waals surface area contributed by atoms with Gasteiger partial charge in [-0.15, -0.1) is 0 Å². The van der Waals surface area contributed by atoms with Crippen molar-refractivity contribution in [2.75, 3.05) is 17.7 Å². The molecule has 1 aromatic carbocycles. The van der Waals surface area contributed by atoms with Crippen LogP contribution in [0.1, 0.15) is 5.56 Å². The maximum absolute atomic E-state index is 12.8. The number of hydrogen-bond donors (Lipinski definition) is 2. The Morgan fingerprint density at radius 1 is 1.05 bits per heavy atom.